The van der Waals surface area contributed by atoms with E-state index in [1.807, 2.05) is 26.8 Å². The highest BCUT2D eigenvalue weighted by Crippen LogP contribution is 2.39. The van der Waals surface area contributed by atoms with Crippen molar-refractivity contribution in [3.05, 3.63) is 34.5 Å². The van der Waals surface area contributed by atoms with E-state index in [0.29, 0.717) is 38.6 Å². The molecule has 1 aliphatic rings. The lowest BCUT2D eigenvalue weighted by Gasteiger charge is -2.35. The van der Waals surface area contributed by atoms with Crippen molar-refractivity contribution in [3.63, 3.8) is 0 Å². The van der Waals surface area contributed by atoms with Crippen LogP contribution in [-0.4, -0.2) is 53.7 Å². The number of halogens is 3. The number of hydrogen-bond acceptors (Lipinski definition) is 6. The van der Waals surface area contributed by atoms with E-state index in [1.165, 1.54) is 4.68 Å². The zero-order chi connectivity index (χ0) is 29.2. The Morgan fingerprint density at radius 1 is 1.33 bits per heavy atom. The summed E-state index contributed by atoms with van der Waals surface area (Å²) in [5.41, 5.74) is -0.0488. The largest absolute Gasteiger partial charge is 0.434 e. The van der Waals surface area contributed by atoms with Gasteiger partial charge in [0.2, 0.25) is 10.0 Å². The van der Waals surface area contributed by atoms with Crippen LogP contribution in [0.4, 0.5) is 8.78 Å². The molecule has 1 heterocycles. The fourth-order valence-electron chi connectivity index (χ4n) is 4.96. The van der Waals surface area contributed by atoms with Crippen molar-refractivity contribution in [1.82, 2.24) is 15.1 Å². The molecule has 9 nitrogen and oxygen atoms in total. The average molecular weight is 591 g/mol. The Morgan fingerprint density at radius 3 is 2.51 bits per heavy atom. The first-order chi connectivity index (χ1) is 18.0. The second kappa shape index (κ2) is 12.1. The third-order valence-electron chi connectivity index (χ3n) is 6.74. The summed E-state index contributed by atoms with van der Waals surface area (Å²) in [5, 5.41) is 23.0. The second-order valence-electron chi connectivity index (χ2n) is 11.5. The van der Waals surface area contributed by atoms with Gasteiger partial charge in [-0.05, 0) is 68.1 Å². The van der Waals surface area contributed by atoms with Crippen LogP contribution in [0.15, 0.2) is 18.2 Å². The molecule has 0 spiro atoms. The summed E-state index contributed by atoms with van der Waals surface area (Å²) in [6.07, 6.45) is 2.13. The van der Waals surface area contributed by atoms with E-state index in [-0.39, 0.29) is 51.4 Å². The minimum absolute atomic E-state index is 0.0270. The number of nitrogens with zero attached hydrogens (tertiary/aromatic N) is 2. The van der Waals surface area contributed by atoms with E-state index < -0.39 is 28.1 Å². The topological polar surface area (TPSA) is 137 Å². The Bertz CT molecular complexity index is 1290. The second-order valence-corrected chi connectivity index (χ2v) is 13.5. The van der Waals surface area contributed by atoms with E-state index in [9.17, 15) is 27.1 Å². The van der Waals surface area contributed by atoms with Crippen LogP contribution in [-0.2, 0) is 23.0 Å². The number of aromatic nitrogens is 2. The molecule has 13 heteroatoms. The molecule has 1 aromatic carbocycles. The van der Waals surface area contributed by atoms with Crippen molar-refractivity contribution in [3.8, 4) is 17.0 Å². The maximum atomic E-state index is 13.3. The molecule has 0 radical (unpaired) electrons. The van der Waals surface area contributed by atoms with Crippen LogP contribution >= 0.6 is 11.6 Å². The Kier molecular flexibility index (Phi) is 9.67. The highest BCUT2D eigenvalue weighted by molar-refractivity contribution is 7.89. The van der Waals surface area contributed by atoms with Gasteiger partial charge in [0.25, 0.3) is 5.91 Å². The van der Waals surface area contributed by atoms with Crippen molar-refractivity contribution in [2.45, 2.75) is 78.6 Å². The van der Waals surface area contributed by atoms with Crippen LogP contribution in [0.3, 0.4) is 0 Å². The number of carbonyl (C=O) groups is 1. The molecule has 1 amide bonds. The molecule has 2 aromatic rings. The summed E-state index contributed by atoms with van der Waals surface area (Å²) < 4.78 is 55.6. The molecule has 39 heavy (non-hydrogen) atoms. The highest BCUT2D eigenvalue weighted by atomic mass is 35.5. The summed E-state index contributed by atoms with van der Waals surface area (Å²) >= 11 is 6.61. The number of benzene rings is 1. The van der Waals surface area contributed by atoms with Crippen LogP contribution in [0.1, 0.15) is 69.4 Å². The van der Waals surface area contributed by atoms with Crippen molar-refractivity contribution in [2.24, 2.45) is 16.5 Å². The number of sulfonamides is 1. The van der Waals surface area contributed by atoms with E-state index in [0.717, 1.165) is 5.56 Å². The van der Waals surface area contributed by atoms with E-state index in [2.05, 4.69) is 10.4 Å². The Hall–Kier alpha value is -2.28. The molecule has 4 N–H and O–H groups in total. The van der Waals surface area contributed by atoms with Crippen molar-refractivity contribution < 1.29 is 31.8 Å². The average Bonchev–Trinajstić information content (AvgIpc) is 3.13. The van der Waals surface area contributed by atoms with E-state index >= 15 is 0 Å². The summed E-state index contributed by atoms with van der Waals surface area (Å²) in [6.45, 7) is 5.04. The summed E-state index contributed by atoms with van der Waals surface area (Å²) in [7, 11) is -3.60. The number of ether oxygens (including phenoxy) is 1. The minimum Gasteiger partial charge on any atom is -0.434 e. The van der Waals surface area contributed by atoms with Gasteiger partial charge in [0.1, 0.15) is 5.75 Å². The SMILES string of the molecule is CCn1nc(C(=O)NCC2(O)CCC(CS(N)(=O)=O)CC2)c(Cl)c1-c1ccc(CC(C)(C)C)cc1OC(F)F. The third kappa shape index (κ3) is 8.60. The van der Waals surface area contributed by atoms with Crippen molar-refractivity contribution in [1.29, 1.82) is 0 Å². The van der Waals surface area contributed by atoms with Gasteiger partial charge in [-0.2, -0.15) is 13.9 Å². The number of carbonyl (C=O) groups excluding carboxylic acids is 1. The maximum Gasteiger partial charge on any atom is 0.387 e. The Labute approximate surface area is 233 Å². The van der Waals surface area contributed by atoms with Gasteiger partial charge in [-0.25, -0.2) is 13.6 Å². The number of alkyl halides is 2. The smallest absolute Gasteiger partial charge is 0.387 e. The van der Waals surface area contributed by atoms with Crippen LogP contribution in [0, 0.1) is 11.3 Å². The lowest BCUT2D eigenvalue weighted by molar-refractivity contribution is -0.0495. The lowest BCUT2D eigenvalue weighted by atomic mass is 9.79. The van der Waals surface area contributed by atoms with Gasteiger partial charge in [-0.3, -0.25) is 9.48 Å². The van der Waals surface area contributed by atoms with Crippen molar-refractivity contribution >= 4 is 27.5 Å². The van der Waals surface area contributed by atoms with Gasteiger partial charge in [-0.1, -0.05) is 38.4 Å². The minimum atomic E-state index is -3.60. The van der Waals surface area contributed by atoms with Crippen LogP contribution in [0.25, 0.3) is 11.3 Å². The highest BCUT2D eigenvalue weighted by Gasteiger charge is 2.35. The Morgan fingerprint density at radius 2 is 1.97 bits per heavy atom. The third-order valence-corrected chi connectivity index (χ3v) is 8.04. The number of nitrogens with two attached hydrogens (primary N) is 1. The van der Waals surface area contributed by atoms with Gasteiger partial charge in [-0.15, -0.1) is 0 Å². The fraction of sp³-hybridized carbons (Fsp3) is 0.615. The summed E-state index contributed by atoms with van der Waals surface area (Å²) in [4.78, 5) is 13.1. The molecule has 3 rings (SSSR count). The van der Waals surface area contributed by atoms with Gasteiger partial charge >= 0.3 is 6.61 Å². The summed E-state index contributed by atoms with van der Waals surface area (Å²) in [6, 6.07) is 5.00. The number of aliphatic hydroxyl groups is 1. The molecule has 1 saturated carbocycles. The first-order valence-electron chi connectivity index (χ1n) is 12.9. The van der Waals surface area contributed by atoms with Crippen LogP contribution in [0.2, 0.25) is 5.02 Å². The molecule has 0 aliphatic heterocycles. The molecule has 0 atom stereocenters. The van der Waals surface area contributed by atoms with Gasteiger partial charge in [0.15, 0.2) is 5.69 Å². The molecule has 0 bridgehead atoms. The predicted octanol–water partition coefficient (Wildman–Crippen LogP) is 4.35. The standard InChI is InChI=1S/C26H37ClF2N4O5S/c1-5-33-22(18-7-6-17(13-25(2,3)4)12-19(18)38-24(28)29)20(27)21(32-33)23(34)31-15-26(35)10-8-16(9-11-26)14-39(30,36)37/h6-7,12,16,24,35H,5,8-11,13-15H2,1-4H3,(H,31,34)(H2,30,36,37). The quantitative estimate of drug-likeness (QED) is 0.376. The number of hydrogen-bond donors (Lipinski definition) is 3. The van der Waals surface area contributed by atoms with Gasteiger partial charge in [0.05, 0.1) is 22.1 Å². The molecular weight excluding hydrogens is 554 g/mol. The molecular formula is C26H37ClF2N4O5S. The van der Waals surface area contributed by atoms with Crippen molar-refractivity contribution in [2.75, 3.05) is 12.3 Å². The summed E-state index contributed by atoms with van der Waals surface area (Å²) in [5.74, 6) is -0.987. The Balaban J connectivity index is 1.82. The molecule has 0 saturated heterocycles. The molecule has 0 unspecified atom stereocenters. The van der Waals surface area contributed by atoms with Crippen LogP contribution < -0.4 is 15.2 Å². The zero-order valence-electron chi connectivity index (χ0n) is 22.6. The molecule has 1 aliphatic carbocycles. The maximum absolute atomic E-state index is 13.3. The molecule has 218 valence electrons. The normalized spacial score (nSPS) is 20.3. The van der Waals surface area contributed by atoms with E-state index in [1.54, 1.807) is 19.1 Å². The number of rotatable bonds is 10. The zero-order valence-corrected chi connectivity index (χ0v) is 24.2. The van der Waals surface area contributed by atoms with Crippen LogP contribution in [0.5, 0.6) is 5.75 Å². The van der Waals surface area contributed by atoms with Gasteiger partial charge < -0.3 is 15.2 Å². The predicted molar refractivity (Wildman–Crippen MR) is 145 cm³/mol. The molecule has 1 aromatic heterocycles. The fourth-order valence-corrected chi connectivity index (χ4v) is 6.28. The first-order valence-corrected chi connectivity index (χ1v) is 14.9. The van der Waals surface area contributed by atoms with E-state index in [4.69, 9.17) is 21.5 Å². The number of aryl methyl sites for hydroxylation is 1. The molecule has 1 fully saturated rings. The first kappa shape index (κ1) is 31.3. The number of primary sulfonamides is 1. The monoisotopic (exact) mass is 590 g/mol. The lowest BCUT2D eigenvalue weighted by Crippen LogP contribution is -2.46. The number of nitrogens with one attached hydrogen (secondary N) is 1. The number of amides is 1. The van der Waals surface area contributed by atoms with Gasteiger partial charge in [0, 0.05) is 18.7 Å².